The third kappa shape index (κ3) is 5.29. The number of fused-ring (bicyclic) bond motifs is 1. The van der Waals surface area contributed by atoms with Gasteiger partial charge in [0.25, 0.3) is 5.91 Å². The predicted octanol–water partition coefficient (Wildman–Crippen LogP) is 3.59. The van der Waals surface area contributed by atoms with Crippen molar-refractivity contribution in [1.29, 1.82) is 0 Å². The van der Waals surface area contributed by atoms with Gasteiger partial charge in [0.05, 0.1) is 0 Å². The first kappa shape index (κ1) is 21.6. The molecule has 1 aromatic heterocycles. The van der Waals surface area contributed by atoms with Gasteiger partial charge in [0, 0.05) is 41.4 Å². The molecule has 8 heteroatoms. The van der Waals surface area contributed by atoms with E-state index >= 15 is 0 Å². The number of alkyl halides is 2. The number of carbonyl (C=O) groups excluding carboxylic acids is 2. The van der Waals surface area contributed by atoms with Crippen molar-refractivity contribution < 1.29 is 23.1 Å². The summed E-state index contributed by atoms with van der Waals surface area (Å²) in [5, 5.41) is 6.72. The first-order valence-corrected chi connectivity index (χ1v) is 9.99. The topological polar surface area (TPSA) is 83.2 Å². The van der Waals surface area contributed by atoms with E-state index in [9.17, 15) is 18.4 Å². The molecule has 3 atom stereocenters. The molecule has 3 N–H and O–H groups in total. The summed E-state index contributed by atoms with van der Waals surface area (Å²) in [6.07, 6.45) is 9.11. The number of terminal acetylenes is 1. The van der Waals surface area contributed by atoms with Crippen molar-refractivity contribution in [3.63, 3.8) is 0 Å². The molecule has 3 rings (SSSR count). The Labute approximate surface area is 173 Å². The van der Waals surface area contributed by atoms with Crippen LogP contribution in [0.3, 0.4) is 0 Å². The number of aromatic nitrogens is 1. The average molecular weight is 417 g/mol. The second-order valence-electron chi connectivity index (χ2n) is 7.60. The fourth-order valence-electron chi connectivity index (χ4n) is 3.72. The number of benzene rings is 1. The van der Waals surface area contributed by atoms with E-state index in [2.05, 4.69) is 26.3 Å². The van der Waals surface area contributed by atoms with Crippen molar-refractivity contribution in [2.24, 2.45) is 5.92 Å². The second-order valence-corrected chi connectivity index (χ2v) is 7.60. The van der Waals surface area contributed by atoms with E-state index in [1.165, 1.54) is 12.1 Å². The molecular formula is C22H25F2N3O3. The molecule has 2 aromatic rings. The summed E-state index contributed by atoms with van der Waals surface area (Å²) in [6.45, 7) is -1.13. The van der Waals surface area contributed by atoms with E-state index in [0.29, 0.717) is 23.0 Å². The molecule has 6 nitrogen and oxygen atoms in total. The molecule has 0 aliphatic heterocycles. The molecular weight excluding hydrogens is 392 g/mol. The highest BCUT2D eigenvalue weighted by Crippen LogP contribution is 2.24. The molecule has 0 radical (unpaired) electrons. The quantitative estimate of drug-likeness (QED) is 0.602. The minimum atomic E-state index is -2.91. The van der Waals surface area contributed by atoms with Crippen LogP contribution in [0.15, 0.2) is 24.3 Å². The average Bonchev–Trinajstić information content (AvgIpc) is 3.12. The summed E-state index contributed by atoms with van der Waals surface area (Å²) in [4.78, 5) is 28.1. The smallest absolute Gasteiger partial charge is 0.387 e. The zero-order chi connectivity index (χ0) is 21.7. The van der Waals surface area contributed by atoms with Crippen LogP contribution in [0.4, 0.5) is 8.78 Å². The van der Waals surface area contributed by atoms with Gasteiger partial charge >= 0.3 is 6.61 Å². The maximum Gasteiger partial charge on any atom is 0.387 e. The Bertz CT molecular complexity index is 951. The molecule has 1 heterocycles. The zero-order valence-corrected chi connectivity index (χ0v) is 16.7. The third-order valence-corrected chi connectivity index (χ3v) is 5.35. The van der Waals surface area contributed by atoms with Crippen molar-refractivity contribution in [2.75, 3.05) is 0 Å². The molecule has 1 saturated carbocycles. The maximum absolute atomic E-state index is 12.8. The van der Waals surface area contributed by atoms with E-state index in [4.69, 9.17) is 6.42 Å². The highest BCUT2D eigenvalue weighted by atomic mass is 19.3. The van der Waals surface area contributed by atoms with Crippen molar-refractivity contribution in [1.82, 2.24) is 15.6 Å². The summed E-state index contributed by atoms with van der Waals surface area (Å²) in [5.74, 6) is 1.79. The lowest BCUT2D eigenvalue weighted by Gasteiger charge is -2.33. The Morgan fingerprint density at radius 2 is 1.93 bits per heavy atom. The molecule has 1 aromatic carbocycles. The SMILES string of the molecule is C#CC[C@H](C)C(=O)N[C@@H]1CCCC[C@@H]1NC(=O)c1cc2ccc(OC(F)F)cc2[nH]1. The molecule has 0 spiro atoms. The lowest BCUT2D eigenvalue weighted by atomic mass is 9.89. The first-order valence-electron chi connectivity index (χ1n) is 9.99. The van der Waals surface area contributed by atoms with Gasteiger partial charge in [-0.3, -0.25) is 9.59 Å². The molecule has 160 valence electrons. The van der Waals surface area contributed by atoms with Crippen LogP contribution in [0.5, 0.6) is 5.75 Å². The Hall–Kier alpha value is -3.08. The molecule has 0 bridgehead atoms. The van der Waals surface area contributed by atoms with Crippen molar-refractivity contribution in [3.8, 4) is 18.1 Å². The number of halogens is 2. The van der Waals surface area contributed by atoms with Crippen molar-refractivity contribution in [2.45, 2.75) is 57.7 Å². The van der Waals surface area contributed by atoms with Crippen LogP contribution in [0.2, 0.25) is 0 Å². The number of nitrogens with one attached hydrogen (secondary N) is 3. The molecule has 1 fully saturated rings. The monoisotopic (exact) mass is 417 g/mol. The zero-order valence-electron chi connectivity index (χ0n) is 16.7. The van der Waals surface area contributed by atoms with Crippen LogP contribution in [0, 0.1) is 18.3 Å². The number of ether oxygens (including phenoxy) is 1. The Morgan fingerprint density at radius 1 is 1.23 bits per heavy atom. The van der Waals surface area contributed by atoms with E-state index in [1.807, 2.05) is 0 Å². The van der Waals surface area contributed by atoms with Gasteiger partial charge in [-0.1, -0.05) is 19.8 Å². The number of aromatic amines is 1. The van der Waals surface area contributed by atoms with Gasteiger partial charge < -0.3 is 20.4 Å². The van der Waals surface area contributed by atoms with Crippen LogP contribution < -0.4 is 15.4 Å². The van der Waals surface area contributed by atoms with Crippen LogP contribution in [0.1, 0.15) is 49.5 Å². The maximum atomic E-state index is 12.8. The summed E-state index contributed by atoms with van der Waals surface area (Å²) >= 11 is 0. The van der Waals surface area contributed by atoms with Gasteiger partial charge in [-0.15, -0.1) is 12.3 Å². The minimum Gasteiger partial charge on any atom is -0.435 e. The van der Waals surface area contributed by atoms with E-state index in [-0.39, 0.29) is 35.6 Å². The van der Waals surface area contributed by atoms with Crippen molar-refractivity contribution in [3.05, 3.63) is 30.0 Å². The van der Waals surface area contributed by atoms with Gasteiger partial charge in [0.2, 0.25) is 5.91 Å². The number of rotatable bonds is 7. The Morgan fingerprint density at radius 3 is 2.60 bits per heavy atom. The summed E-state index contributed by atoms with van der Waals surface area (Å²) in [6, 6.07) is 5.75. The highest BCUT2D eigenvalue weighted by molar-refractivity contribution is 5.98. The summed E-state index contributed by atoms with van der Waals surface area (Å²) in [5.41, 5.74) is 0.838. The minimum absolute atomic E-state index is 0.0162. The van der Waals surface area contributed by atoms with Crippen LogP contribution in [0.25, 0.3) is 10.9 Å². The van der Waals surface area contributed by atoms with Crippen LogP contribution in [-0.4, -0.2) is 35.5 Å². The summed E-state index contributed by atoms with van der Waals surface area (Å²) < 4.78 is 29.2. The Kier molecular flexibility index (Phi) is 6.93. The summed E-state index contributed by atoms with van der Waals surface area (Å²) in [7, 11) is 0. The molecule has 1 aliphatic rings. The number of amides is 2. The van der Waals surface area contributed by atoms with Gasteiger partial charge in [-0.25, -0.2) is 0 Å². The van der Waals surface area contributed by atoms with Crippen LogP contribution in [-0.2, 0) is 4.79 Å². The largest absolute Gasteiger partial charge is 0.435 e. The molecule has 0 unspecified atom stereocenters. The Balaban J connectivity index is 1.68. The van der Waals surface area contributed by atoms with Gasteiger partial charge in [-0.2, -0.15) is 8.78 Å². The second kappa shape index (κ2) is 9.61. The lowest BCUT2D eigenvalue weighted by molar-refractivity contribution is -0.125. The van der Waals surface area contributed by atoms with E-state index in [0.717, 1.165) is 25.7 Å². The fourth-order valence-corrected chi connectivity index (χ4v) is 3.72. The molecule has 2 amide bonds. The molecule has 30 heavy (non-hydrogen) atoms. The first-order chi connectivity index (χ1) is 14.4. The predicted molar refractivity (Wildman–Crippen MR) is 109 cm³/mol. The highest BCUT2D eigenvalue weighted by Gasteiger charge is 2.29. The number of hydrogen-bond donors (Lipinski definition) is 3. The van der Waals surface area contributed by atoms with Gasteiger partial charge in [0.1, 0.15) is 11.4 Å². The molecule has 0 saturated heterocycles. The standard InChI is InChI=1S/C22H25F2N3O3/c1-3-6-13(2)20(28)26-16-7-4-5-8-17(16)27-21(29)19-11-14-9-10-15(30-22(23)24)12-18(14)25-19/h1,9-13,16-17,22,25H,4-8H2,2H3,(H,26,28)(H,27,29)/t13-,16+,17-/m0/s1. The lowest BCUT2D eigenvalue weighted by Crippen LogP contribution is -2.54. The van der Waals surface area contributed by atoms with E-state index < -0.39 is 6.61 Å². The number of H-pyrrole nitrogens is 1. The fraction of sp³-hybridized carbons (Fsp3) is 0.455. The number of hydrogen-bond acceptors (Lipinski definition) is 3. The third-order valence-electron chi connectivity index (χ3n) is 5.35. The van der Waals surface area contributed by atoms with Gasteiger partial charge in [-0.05, 0) is 31.0 Å². The molecule has 1 aliphatic carbocycles. The van der Waals surface area contributed by atoms with E-state index in [1.54, 1.807) is 19.1 Å². The number of carbonyl (C=O) groups is 2. The van der Waals surface area contributed by atoms with Gasteiger partial charge in [0.15, 0.2) is 0 Å². The van der Waals surface area contributed by atoms with Crippen molar-refractivity contribution >= 4 is 22.7 Å². The normalized spacial score (nSPS) is 19.8. The van der Waals surface area contributed by atoms with Crippen LogP contribution >= 0.6 is 0 Å².